The number of hydrogen-bond acceptors (Lipinski definition) is 2. The van der Waals surface area contributed by atoms with Crippen molar-refractivity contribution in [3.05, 3.63) is 6.92 Å². The zero-order valence-corrected chi connectivity index (χ0v) is 6.28. The normalized spacial score (nSPS) is 13.4. The predicted molar refractivity (Wildman–Crippen MR) is 37.6 cm³/mol. The second-order valence-corrected chi connectivity index (χ2v) is 2.94. The molecule has 2 nitrogen and oxygen atoms in total. The molecule has 0 bridgehead atoms. The first-order valence-corrected chi connectivity index (χ1v) is 4.37. The van der Waals surface area contributed by atoms with Crippen LogP contribution in [-0.4, -0.2) is 14.5 Å². The van der Waals surface area contributed by atoms with Crippen LogP contribution in [-0.2, 0) is 11.1 Å². The lowest BCUT2D eigenvalue weighted by molar-refractivity contribution is 0.533. The number of unbranched alkanes of at least 4 members (excludes halogenated alkanes) is 3. The van der Waals surface area contributed by atoms with E-state index in [9.17, 15) is 8.76 Å². The Hall–Kier alpha value is -0.0200. The molecule has 0 aromatic carbocycles. The maximum absolute atomic E-state index is 9.95. The smallest absolute Gasteiger partial charge is 0.0850 e. The van der Waals surface area contributed by atoms with Crippen LogP contribution in [0.25, 0.3) is 0 Å². The Morgan fingerprint density at radius 2 is 2.00 bits per heavy atom. The second kappa shape index (κ2) is 6.11. The summed E-state index contributed by atoms with van der Waals surface area (Å²) in [5.41, 5.74) is 0. The van der Waals surface area contributed by atoms with Crippen LogP contribution in [0.15, 0.2) is 0 Å². The lowest BCUT2D eigenvalue weighted by Gasteiger charge is -2.01. The van der Waals surface area contributed by atoms with Crippen molar-refractivity contribution in [3.8, 4) is 0 Å². The summed E-state index contributed by atoms with van der Waals surface area (Å²) in [6.45, 7) is 3.65. The van der Waals surface area contributed by atoms with Crippen LogP contribution < -0.4 is 0 Å². The van der Waals surface area contributed by atoms with Gasteiger partial charge in [0.05, 0.1) is 13.3 Å². The largest absolute Gasteiger partial charge is 0.772 e. The van der Waals surface area contributed by atoms with E-state index in [4.69, 9.17) is 0 Å². The van der Waals surface area contributed by atoms with Crippen molar-refractivity contribution in [1.82, 2.24) is 0 Å². The van der Waals surface area contributed by atoms with Crippen LogP contribution in [0.5, 0.6) is 0 Å². The van der Waals surface area contributed by atoms with Gasteiger partial charge in [0.2, 0.25) is 0 Å². The third kappa shape index (κ3) is 7.98. The molecule has 0 saturated heterocycles. The van der Waals surface area contributed by atoms with E-state index in [0.717, 1.165) is 25.7 Å². The van der Waals surface area contributed by atoms with Gasteiger partial charge in [0.25, 0.3) is 0 Å². The molecule has 0 aliphatic heterocycles. The zero-order valence-electron chi connectivity index (χ0n) is 5.47. The Labute approximate surface area is 58.9 Å². The van der Waals surface area contributed by atoms with Crippen molar-refractivity contribution in [1.29, 1.82) is 0 Å². The fraction of sp³-hybridized carbons (Fsp3) is 0.833. The molecule has 9 heavy (non-hydrogen) atoms. The third-order valence-electron chi connectivity index (χ3n) is 1.06. The molecule has 0 amide bonds. The number of hydrogen-bond donors (Lipinski definition) is 0. The van der Waals surface area contributed by atoms with Gasteiger partial charge in [-0.3, -0.25) is 4.21 Å². The van der Waals surface area contributed by atoms with E-state index in [1.54, 1.807) is 0 Å². The molecule has 1 unspecified atom stereocenters. The summed E-state index contributed by atoms with van der Waals surface area (Å²) in [5, 5.41) is 0. The molecule has 3 heteroatoms. The Kier molecular flexibility index (Phi) is 6.09. The minimum absolute atomic E-state index is 0.306. The van der Waals surface area contributed by atoms with E-state index in [-0.39, 0.29) is 0 Å². The molecule has 0 rings (SSSR count). The first-order valence-electron chi connectivity index (χ1n) is 3.12. The van der Waals surface area contributed by atoms with Crippen molar-refractivity contribution in [2.45, 2.75) is 25.7 Å². The molecule has 0 saturated carbocycles. The SMILES string of the molecule is [CH2+]CCCCCS(=O)[O-]. The molecule has 0 heterocycles. The quantitative estimate of drug-likeness (QED) is 0.334. The van der Waals surface area contributed by atoms with Crippen molar-refractivity contribution in [2.24, 2.45) is 0 Å². The Morgan fingerprint density at radius 1 is 1.33 bits per heavy atom. The van der Waals surface area contributed by atoms with E-state index in [1.165, 1.54) is 0 Å². The molecule has 0 radical (unpaired) electrons. The van der Waals surface area contributed by atoms with Gasteiger partial charge < -0.3 is 4.55 Å². The fourth-order valence-electron chi connectivity index (χ4n) is 0.573. The lowest BCUT2D eigenvalue weighted by atomic mass is 10.2. The van der Waals surface area contributed by atoms with Gasteiger partial charge in [-0.15, -0.1) is 0 Å². The summed E-state index contributed by atoms with van der Waals surface area (Å²) in [7, 11) is 0. The summed E-state index contributed by atoms with van der Waals surface area (Å²) in [6, 6.07) is 0. The Bertz CT molecular complexity index is 83.1. The van der Waals surface area contributed by atoms with Crippen LogP contribution >= 0.6 is 0 Å². The lowest BCUT2D eigenvalue weighted by Crippen LogP contribution is -1.94. The summed E-state index contributed by atoms with van der Waals surface area (Å²) >= 11 is -1.84. The summed E-state index contributed by atoms with van der Waals surface area (Å²) in [5.74, 6) is 0.306. The highest BCUT2D eigenvalue weighted by Gasteiger charge is 1.88. The molecule has 0 N–H and O–H groups in total. The zero-order chi connectivity index (χ0) is 7.11. The van der Waals surface area contributed by atoms with Crippen LogP contribution in [0.1, 0.15) is 25.7 Å². The molecular formula is C6H12O2S. The van der Waals surface area contributed by atoms with Gasteiger partial charge in [-0.1, -0.05) is 11.1 Å². The molecule has 0 spiro atoms. The molecule has 0 aromatic rings. The molecule has 1 atom stereocenters. The third-order valence-corrected chi connectivity index (χ3v) is 1.68. The van der Waals surface area contributed by atoms with Gasteiger partial charge >= 0.3 is 0 Å². The summed E-state index contributed by atoms with van der Waals surface area (Å²) in [4.78, 5) is 0. The van der Waals surface area contributed by atoms with Crippen molar-refractivity contribution >= 4 is 11.1 Å². The van der Waals surface area contributed by atoms with Crippen LogP contribution in [0, 0.1) is 6.92 Å². The molecule has 0 aromatic heterocycles. The standard InChI is InChI=1S/C6H12O2S/c1-2-3-4-5-6-9(7)8/h1-6H2. The minimum atomic E-state index is -1.84. The molecule has 54 valence electrons. The van der Waals surface area contributed by atoms with Gasteiger partial charge in [0.15, 0.2) is 0 Å². The number of rotatable bonds is 5. The Balaban J connectivity index is 2.83. The minimum Gasteiger partial charge on any atom is -0.772 e. The average molecular weight is 148 g/mol. The Morgan fingerprint density at radius 3 is 2.44 bits per heavy atom. The van der Waals surface area contributed by atoms with E-state index >= 15 is 0 Å². The van der Waals surface area contributed by atoms with Gasteiger partial charge in [0, 0.05) is 5.75 Å². The average Bonchev–Trinajstić information content (AvgIpc) is 1.80. The van der Waals surface area contributed by atoms with Gasteiger partial charge in [-0.25, -0.2) is 0 Å². The maximum atomic E-state index is 9.95. The highest BCUT2D eigenvalue weighted by Crippen LogP contribution is 1.98. The van der Waals surface area contributed by atoms with Crippen LogP contribution in [0.4, 0.5) is 0 Å². The molecule has 0 aliphatic rings. The fourth-order valence-corrected chi connectivity index (χ4v) is 1.01. The van der Waals surface area contributed by atoms with Crippen LogP contribution in [0.2, 0.25) is 0 Å². The maximum Gasteiger partial charge on any atom is 0.0850 e. The summed E-state index contributed by atoms with van der Waals surface area (Å²) < 4.78 is 19.9. The monoisotopic (exact) mass is 148 g/mol. The van der Waals surface area contributed by atoms with Gasteiger partial charge in [-0.2, -0.15) is 0 Å². The predicted octanol–water partition coefficient (Wildman–Crippen LogP) is 1.26. The summed E-state index contributed by atoms with van der Waals surface area (Å²) in [6.07, 6.45) is 3.71. The first-order chi connectivity index (χ1) is 4.27. The van der Waals surface area contributed by atoms with E-state index < -0.39 is 11.1 Å². The first kappa shape index (κ1) is 8.98. The van der Waals surface area contributed by atoms with E-state index in [0.29, 0.717) is 5.75 Å². The molecule has 0 fully saturated rings. The van der Waals surface area contributed by atoms with Crippen molar-refractivity contribution in [2.75, 3.05) is 5.75 Å². The van der Waals surface area contributed by atoms with E-state index in [1.807, 2.05) is 0 Å². The van der Waals surface area contributed by atoms with Gasteiger partial charge in [-0.05, 0) is 19.3 Å². The van der Waals surface area contributed by atoms with Gasteiger partial charge in [0.1, 0.15) is 0 Å². The van der Waals surface area contributed by atoms with Crippen LogP contribution in [0.3, 0.4) is 0 Å². The molecular weight excluding hydrogens is 136 g/mol. The highest BCUT2D eigenvalue weighted by atomic mass is 32.2. The molecule has 0 aliphatic carbocycles. The highest BCUT2D eigenvalue weighted by molar-refractivity contribution is 7.79. The van der Waals surface area contributed by atoms with E-state index in [2.05, 4.69) is 6.92 Å². The van der Waals surface area contributed by atoms with Crippen molar-refractivity contribution < 1.29 is 8.76 Å². The second-order valence-electron chi connectivity index (χ2n) is 1.92. The topological polar surface area (TPSA) is 40.1 Å². The van der Waals surface area contributed by atoms with Crippen molar-refractivity contribution in [3.63, 3.8) is 0 Å².